The SMILES string of the molecule is Cc1c(NC(=O)[C@@H]2CCCO2)cccc1C(=O)N1CCOCC1. The minimum atomic E-state index is -0.381. The third-order valence-electron chi connectivity index (χ3n) is 4.34. The fourth-order valence-corrected chi connectivity index (χ4v) is 2.94. The number of nitrogens with one attached hydrogen (secondary N) is 1. The van der Waals surface area contributed by atoms with Gasteiger partial charge in [-0.25, -0.2) is 0 Å². The lowest BCUT2D eigenvalue weighted by atomic mass is 10.0. The predicted octanol–water partition coefficient (Wildman–Crippen LogP) is 1.58. The van der Waals surface area contributed by atoms with E-state index in [-0.39, 0.29) is 17.9 Å². The molecule has 1 aromatic carbocycles. The molecule has 2 aliphatic rings. The Kier molecular flexibility index (Phi) is 4.93. The highest BCUT2D eigenvalue weighted by Crippen LogP contribution is 2.22. The normalized spacial score (nSPS) is 21.3. The molecule has 2 heterocycles. The summed E-state index contributed by atoms with van der Waals surface area (Å²) in [6.07, 6.45) is 1.28. The van der Waals surface area contributed by atoms with E-state index in [1.165, 1.54) is 0 Å². The Balaban J connectivity index is 1.74. The molecule has 3 rings (SSSR count). The summed E-state index contributed by atoms with van der Waals surface area (Å²) in [7, 11) is 0. The second kappa shape index (κ2) is 7.10. The van der Waals surface area contributed by atoms with Crippen LogP contribution >= 0.6 is 0 Å². The first-order valence-corrected chi connectivity index (χ1v) is 8.06. The van der Waals surface area contributed by atoms with Gasteiger partial charge >= 0.3 is 0 Å². The smallest absolute Gasteiger partial charge is 0.254 e. The van der Waals surface area contributed by atoms with Gasteiger partial charge in [-0.05, 0) is 37.5 Å². The molecule has 1 N–H and O–H groups in total. The fraction of sp³-hybridized carbons (Fsp3) is 0.529. The van der Waals surface area contributed by atoms with Gasteiger partial charge < -0.3 is 19.7 Å². The number of morpholine rings is 1. The highest BCUT2D eigenvalue weighted by molar-refractivity contribution is 6.00. The average Bonchev–Trinajstić information content (AvgIpc) is 3.11. The first-order chi connectivity index (χ1) is 11.2. The first kappa shape index (κ1) is 16.0. The molecule has 23 heavy (non-hydrogen) atoms. The van der Waals surface area contributed by atoms with Crippen LogP contribution in [0.5, 0.6) is 0 Å². The largest absolute Gasteiger partial charge is 0.378 e. The van der Waals surface area contributed by atoms with Crippen molar-refractivity contribution < 1.29 is 19.1 Å². The average molecular weight is 318 g/mol. The second-order valence-electron chi connectivity index (χ2n) is 5.87. The zero-order chi connectivity index (χ0) is 16.2. The van der Waals surface area contributed by atoms with Gasteiger partial charge in [0.05, 0.1) is 13.2 Å². The van der Waals surface area contributed by atoms with Crippen molar-refractivity contribution in [2.45, 2.75) is 25.9 Å². The van der Waals surface area contributed by atoms with Crippen LogP contribution in [0.2, 0.25) is 0 Å². The molecule has 2 amide bonds. The number of ether oxygens (including phenoxy) is 2. The maximum Gasteiger partial charge on any atom is 0.254 e. The molecule has 2 saturated heterocycles. The standard InChI is InChI=1S/C17H22N2O4/c1-12-13(17(21)19-7-10-22-11-8-19)4-2-5-14(12)18-16(20)15-6-3-9-23-15/h2,4-5,15H,3,6-11H2,1H3,(H,18,20)/t15-/m0/s1. The lowest BCUT2D eigenvalue weighted by Gasteiger charge is -2.27. The van der Waals surface area contributed by atoms with Gasteiger partial charge in [0.1, 0.15) is 6.10 Å². The maximum atomic E-state index is 12.6. The molecule has 1 atom stereocenters. The third-order valence-corrected chi connectivity index (χ3v) is 4.34. The van der Waals surface area contributed by atoms with E-state index in [1.807, 2.05) is 13.0 Å². The van der Waals surface area contributed by atoms with E-state index in [4.69, 9.17) is 9.47 Å². The molecule has 0 aromatic heterocycles. The number of carbonyl (C=O) groups is 2. The highest BCUT2D eigenvalue weighted by atomic mass is 16.5. The van der Waals surface area contributed by atoms with Gasteiger partial charge in [0.15, 0.2) is 0 Å². The van der Waals surface area contributed by atoms with Crippen LogP contribution in [0.4, 0.5) is 5.69 Å². The number of nitrogens with zero attached hydrogens (tertiary/aromatic N) is 1. The first-order valence-electron chi connectivity index (χ1n) is 8.06. The van der Waals surface area contributed by atoms with Crippen LogP contribution in [0.25, 0.3) is 0 Å². The molecule has 0 aliphatic carbocycles. The number of hydrogen-bond donors (Lipinski definition) is 1. The van der Waals surface area contributed by atoms with Crippen LogP contribution in [0.15, 0.2) is 18.2 Å². The van der Waals surface area contributed by atoms with Crippen molar-refractivity contribution in [1.29, 1.82) is 0 Å². The number of carbonyl (C=O) groups excluding carboxylic acids is 2. The van der Waals surface area contributed by atoms with Crippen molar-refractivity contribution in [3.05, 3.63) is 29.3 Å². The molecule has 0 spiro atoms. The van der Waals surface area contributed by atoms with Crippen molar-refractivity contribution in [3.8, 4) is 0 Å². The van der Waals surface area contributed by atoms with Crippen LogP contribution in [0, 0.1) is 6.92 Å². The van der Waals surface area contributed by atoms with Crippen LogP contribution in [0.3, 0.4) is 0 Å². The molecule has 124 valence electrons. The van der Waals surface area contributed by atoms with E-state index in [2.05, 4.69) is 5.32 Å². The Hall–Kier alpha value is -1.92. The molecule has 6 heteroatoms. The number of hydrogen-bond acceptors (Lipinski definition) is 4. The topological polar surface area (TPSA) is 67.9 Å². The summed E-state index contributed by atoms with van der Waals surface area (Å²) < 4.78 is 10.7. The van der Waals surface area contributed by atoms with Crippen molar-refractivity contribution in [1.82, 2.24) is 4.90 Å². The summed E-state index contributed by atoms with van der Waals surface area (Å²) in [4.78, 5) is 26.6. The number of anilines is 1. The minimum absolute atomic E-state index is 0.0148. The summed E-state index contributed by atoms with van der Waals surface area (Å²) in [5, 5.41) is 2.89. The fourth-order valence-electron chi connectivity index (χ4n) is 2.94. The summed E-state index contributed by atoms with van der Waals surface area (Å²) in [6.45, 7) is 4.83. The van der Waals surface area contributed by atoms with Crippen molar-refractivity contribution in [2.24, 2.45) is 0 Å². The Morgan fingerprint density at radius 2 is 2.00 bits per heavy atom. The van der Waals surface area contributed by atoms with E-state index in [0.29, 0.717) is 44.2 Å². The van der Waals surface area contributed by atoms with Gasteiger partial charge in [-0.3, -0.25) is 9.59 Å². The number of benzene rings is 1. The van der Waals surface area contributed by atoms with Crippen LogP contribution < -0.4 is 5.32 Å². The van der Waals surface area contributed by atoms with Gasteiger partial charge in [0.2, 0.25) is 0 Å². The van der Waals surface area contributed by atoms with Gasteiger partial charge in [0, 0.05) is 30.9 Å². The van der Waals surface area contributed by atoms with E-state index in [9.17, 15) is 9.59 Å². The predicted molar refractivity (Wildman–Crippen MR) is 85.5 cm³/mol. The minimum Gasteiger partial charge on any atom is -0.378 e. The summed E-state index contributed by atoms with van der Waals surface area (Å²) in [6, 6.07) is 5.42. The third kappa shape index (κ3) is 3.54. The molecular formula is C17H22N2O4. The summed E-state index contributed by atoms with van der Waals surface area (Å²) in [5.41, 5.74) is 2.08. The van der Waals surface area contributed by atoms with Gasteiger partial charge in [0.25, 0.3) is 11.8 Å². The molecule has 0 bridgehead atoms. The lowest BCUT2D eigenvalue weighted by Crippen LogP contribution is -2.41. The molecule has 0 unspecified atom stereocenters. The molecule has 2 fully saturated rings. The molecule has 0 radical (unpaired) electrons. The van der Waals surface area contributed by atoms with Crippen molar-refractivity contribution in [3.63, 3.8) is 0 Å². The summed E-state index contributed by atoms with van der Waals surface area (Å²) in [5.74, 6) is -0.152. The van der Waals surface area contributed by atoms with E-state index >= 15 is 0 Å². The maximum absolute atomic E-state index is 12.6. The Bertz CT molecular complexity index is 590. The molecule has 1 aromatic rings. The molecular weight excluding hydrogens is 296 g/mol. The van der Waals surface area contributed by atoms with Crippen LogP contribution in [-0.2, 0) is 14.3 Å². The zero-order valence-corrected chi connectivity index (χ0v) is 13.3. The van der Waals surface area contributed by atoms with Gasteiger partial charge in [-0.1, -0.05) is 6.07 Å². The molecule has 6 nitrogen and oxygen atoms in total. The number of rotatable bonds is 3. The Morgan fingerprint density at radius 3 is 2.70 bits per heavy atom. The molecule has 2 aliphatic heterocycles. The van der Waals surface area contributed by atoms with Crippen molar-refractivity contribution >= 4 is 17.5 Å². The Labute approximate surface area is 135 Å². The van der Waals surface area contributed by atoms with Crippen LogP contribution in [-0.4, -0.2) is 55.7 Å². The van der Waals surface area contributed by atoms with E-state index in [0.717, 1.165) is 18.4 Å². The van der Waals surface area contributed by atoms with Gasteiger partial charge in [-0.2, -0.15) is 0 Å². The van der Waals surface area contributed by atoms with Gasteiger partial charge in [-0.15, -0.1) is 0 Å². The monoisotopic (exact) mass is 318 g/mol. The lowest BCUT2D eigenvalue weighted by molar-refractivity contribution is -0.124. The zero-order valence-electron chi connectivity index (χ0n) is 13.3. The summed E-state index contributed by atoms with van der Waals surface area (Å²) >= 11 is 0. The van der Waals surface area contributed by atoms with Crippen molar-refractivity contribution in [2.75, 3.05) is 38.2 Å². The Morgan fingerprint density at radius 1 is 1.22 bits per heavy atom. The number of amides is 2. The molecule has 0 saturated carbocycles. The van der Waals surface area contributed by atoms with E-state index in [1.54, 1.807) is 17.0 Å². The van der Waals surface area contributed by atoms with E-state index < -0.39 is 0 Å². The highest BCUT2D eigenvalue weighted by Gasteiger charge is 2.25. The van der Waals surface area contributed by atoms with Crippen LogP contribution in [0.1, 0.15) is 28.8 Å². The second-order valence-corrected chi connectivity index (χ2v) is 5.87. The quantitative estimate of drug-likeness (QED) is 0.919.